The summed E-state index contributed by atoms with van der Waals surface area (Å²) >= 11 is 0. The van der Waals surface area contributed by atoms with Crippen LogP contribution in [-0.4, -0.2) is 101 Å². The number of aryl methyl sites for hydroxylation is 1. The second kappa shape index (κ2) is 8.88. The molecule has 3 aliphatic heterocycles. The number of likely N-dealkylation sites (N-methyl/N-ethyl adjacent to an activating group) is 1. The standard InChI is InChI=1S/C22H35N5O2/c1-23-13-15-26(16-14-23)21(28)18-5-3-10-27(17-18)19-7-11-25(12-8-19)22(29)20-6-4-9-24(20)2/h4,6,9,18-19H,3,5,7-8,10-17H2,1-2H3. The average molecular weight is 402 g/mol. The second-order valence-corrected chi connectivity index (χ2v) is 8.99. The topological polar surface area (TPSA) is 52.0 Å². The minimum absolute atomic E-state index is 0.137. The normalized spacial score (nSPS) is 25.4. The second-order valence-electron chi connectivity index (χ2n) is 8.99. The largest absolute Gasteiger partial charge is 0.347 e. The minimum atomic E-state index is 0.137. The summed E-state index contributed by atoms with van der Waals surface area (Å²) in [4.78, 5) is 34.7. The van der Waals surface area contributed by atoms with Crippen molar-refractivity contribution in [2.45, 2.75) is 31.7 Å². The molecule has 1 aromatic rings. The third-order valence-electron chi connectivity index (χ3n) is 7.05. The number of aromatic nitrogens is 1. The number of nitrogens with zero attached hydrogens (tertiary/aromatic N) is 5. The summed E-state index contributed by atoms with van der Waals surface area (Å²) in [5.41, 5.74) is 0.763. The molecule has 1 aromatic heterocycles. The van der Waals surface area contributed by atoms with Crippen LogP contribution in [0.5, 0.6) is 0 Å². The van der Waals surface area contributed by atoms with Gasteiger partial charge >= 0.3 is 0 Å². The van der Waals surface area contributed by atoms with Gasteiger partial charge in [-0.05, 0) is 51.4 Å². The van der Waals surface area contributed by atoms with Crippen LogP contribution in [-0.2, 0) is 11.8 Å². The molecule has 0 saturated carbocycles. The lowest BCUT2D eigenvalue weighted by molar-refractivity contribution is -0.139. The average Bonchev–Trinajstić information content (AvgIpc) is 3.19. The fourth-order valence-electron chi connectivity index (χ4n) is 5.10. The van der Waals surface area contributed by atoms with Crippen LogP contribution in [0.1, 0.15) is 36.2 Å². The minimum Gasteiger partial charge on any atom is -0.347 e. The van der Waals surface area contributed by atoms with E-state index in [0.29, 0.717) is 11.9 Å². The van der Waals surface area contributed by atoms with E-state index < -0.39 is 0 Å². The summed E-state index contributed by atoms with van der Waals surface area (Å²) in [6.45, 7) is 7.29. The van der Waals surface area contributed by atoms with Crippen LogP contribution in [0.4, 0.5) is 0 Å². The predicted molar refractivity (Wildman–Crippen MR) is 113 cm³/mol. The predicted octanol–water partition coefficient (Wildman–Crippen LogP) is 1.12. The molecular formula is C22H35N5O2. The Labute approximate surface area is 174 Å². The Morgan fingerprint density at radius 3 is 2.28 bits per heavy atom. The molecule has 7 heteroatoms. The van der Waals surface area contributed by atoms with Crippen molar-refractivity contribution in [3.05, 3.63) is 24.0 Å². The first-order valence-corrected chi connectivity index (χ1v) is 11.1. The molecule has 1 atom stereocenters. The van der Waals surface area contributed by atoms with Crippen LogP contribution in [0.25, 0.3) is 0 Å². The third-order valence-corrected chi connectivity index (χ3v) is 7.05. The van der Waals surface area contributed by atoms with Crippen LogP contribution in [0, 0.1) is 5.92 Å². The Kier molecular flexibility index (Phi) is 6.25. The van der Waals surface area contributed by atoms with Gasteiger partial charge in [0.05, 0.1) is 5.92 Å². The number of carbonyl (C=O) groups is 2. The van der Waals surface area contributed by atoms with Crippen molar-refractivity contribution in [2.75, 3.05) is 59.4 Å². The van der Waals surface area contributed by atoms with E-state index in [4.69, 9.17) is 0 Å². The van der Waals surface area contributed by atoms with Gasteiger partial charge in [-0.3, -0.25) is 14.5 Å². The maximum absolute atomic E-state index is 13.0. The van der Waals surface area contributed by atoms with E-state index in [9.17, 15) is 9.59 Å². The molecule has 2 amide bonds. The number of hydrogen-bond acceptors (Lipinski definition) is 4. The highest BCUT2D eigenvalue weighted by molar-refractivity contribution is 5.92. The summed E-state index contributed by atoms with van der Waals surface area (Å²) in [7, 11) is 4.05. The molecule has 3 aliphatic rings. The lowest BCUT2D eigenvalue weighted by atomic mass is 9.92. The molecule has 4 rings (SSSR count). The smallest absolute Gasteiger partial charge is 0.270 e. The summed E-state index contributed by atoms with van der Waals surface area (Å²) in [5, 5.41) is 0. The molecule has 3 saturated heterocycles. The molecule has 0 N–H and O–H groups in total. The quantitative estimate of drug-likeness (QED) is 0.762. The zero-order valence-electron chi connectivity index (χ0n) is 17.9. The number of piperidine rings is 2. The number of hydrogen-bond donors (Lipinski definition) is 0. The number of rotatable bonds is 3. The summed E-state index contributed by atoms with van der Waals surface area (Å²) in [5.74, 6) is 0.645. The van der Waals surface area contributed by atoms with E-state index >= 15 is 0 Å². The number of carbonyl (C=O) groups excluding carboxylic acids is 2. The number of likely N-dealkylation sites (tertiary alicyclic amines) is 2. The highest BCUT2D eigenvalue weighted by atomic mass is 16.2. The molecular weight excluding hydrogens is 366 g/mol. The molecule has 0 spiro atoms. The first-order chi connectivity index (χ1) is 14.0. The summed E-state index contributed by atoms with van der Waals surface area (Å²) < 4.78 is 1.90. The van der Waals surface area contributed by atoms with Gasteiger partial charge in [0.15, 0.2) is 0 Å². The van der Waals surface area contributed by atoms with Crippen molar-refractivity contribution in [3.63, 3.8) is 0 Å². The fourth-order valence-corrected chi connectivity index (χ4v) is 5.10. The Bertz CT molecular complexity index is 717. The molecule has 0 aliphatic carbocycles. The van der Waals surface area contributed by atoms with Crippen molar-refractivity contribution in [1.29, 1.82) is 0 Å². The number of amides is 2. The summed E-state index contributed by atoms with van der Waals surface area (Å²) in [6, 6.07) is 4.31. The first-order valence-electron chi connectivity index (χ1n) is 11.1. The highest BCUT2D eigenvalue weighted by Crippen LogP contribution is 2.26. The molecule has 0 aromatic carbocycles. The zero-order chi connectivity index (χ0) is 20.4. The molecule has 0 bridgehead atoms. The van der Waals surface area contributed by atoms with Gasteiger partial charge in [0.2, 0.25) is 5.91 Å². The van der Waals surface area contributed by atoms with E-state index in [1.807, 2.05) is 34.8 Å². The van der Waals surface area contributed by atoms with Gasteiger partial charge < -0.3 is 19.3 Å². The third kappa shape index (κ3) is 4.51. The Morgan fingerprint density at radius 1 is 0.897 bits per heavy atom. The fraction of sp³-hybridized carbons (Fsp3) is 0.727. The van der Waals surface area contributed by atoms with Crippen molar-refractivity contribution in [3.8, 4) is 0 Å². The van der Waals surface area contributed by atoms with E-state index in [1.54, 1.807) is 0 Å². The van der Waals surface area contributed by atoms with E-state index in [2.05, 4.69) is 21.7 Å². The molecule has 3 fully saturated rings. The van der Waals surface area contributed by atoms with E-state index in [-0.39, 0.29) is 11.8 Å². The molecule has 29 heavy (non-hydrogen) atoms. The maximum Gasteiger partial charge on any atom is 0.270 e. The Morgan fingerprint density at radius 2 is 1.62 bits per heavy atom. The van der Waals surface area contributed by atoms with Crippen molar-refractivity contribution in [2.24, 2.45) is 13.0 Å². The Balaban J connectivity index is 1.29. The lowest BCUT2D eigenvalue weighted by Gasteiger charge is -2.43. The molecule has 7 nitrogen and oxygen atoms in total. The number of piperazine rings is 1. The van der Waals surface area contributed by atoms with Crippen LogP contribution in [0.3, 0.4) is 0 Å². The summed E-state index contributed by atoms with van der Waals surface area (Å²) in [6.07, 6.45) is 6.06. The van der Waals surface area contributed by atoms with Gasteiger partial charge in [-0.25, -0.2) is 0 Å². The van der Waals surface area contributed by atoms with Crippen LogP contribution >= 0.6 is 0 Å². The van der Waals surface area contributed by atoms with Gasteiger partial charge in [0.1, 0.15) is 5.69 Å². The van der Waals surface area contributed by atoms with Gasteiger partial charge in [0.25, 0.3) is 5.91 Å². The SMILES string of the molecule is CN1CCN(C(=O)C2CCCN(C3CCN(C(=O)c4cccn4C)CC3)C2)CC1. The van der Waals surface area contributed by atoms with E-state index in [1.165, 1.54) is 0 Å². The first kappa shape index (κ1) is 20.4. The zero-order valence-corrected chi connectivity index (χ0v) is 17.9. The maximum atomic E-state index is 13.0. The van der Waals surface area contributed by atoms with Crippen molar-refractivity contribution >= 4 is 11.8 Å². The van der Waals surface area contributed by atoms with Gasteiger partial charge in [0, 0.05) is 65.1 Å². The van der Waals surface area contributed by atoms with Crippen LogP contribution < -0.4 is 0 Å². The lowest BCUT2D eigenvalue weighted by Crippen LogP contribution is -2.54. The van der Waals surface area contributed by atoms with Gasteiger partial charge in [-0.15, -0.1) is 0 Å². The van der Waals surface area contributed by atoms with E-state index in [0.717, 1.165) is 83.7 Å². The van der Waals surface area contributed by atoms with Crippen molar-refractivity contribution in [1.82, 2.24) is 24.2 Å². The van der Waals surface area contributed by atoms with Crippen LogP contribution in [0.2, 0.25) is 0 Å². The Hall–Kier alpha value is -1.86. The monoisotopic (exact) mass is 401 g/mol. The molecule has 4 heterocycles. The highest BCUT2D eigenvalue weighted by Gasteiger charge is 2.35. The van der Waals surface area contributed by atoms with Gasteiger partial charge in [-0.2, -0.15) is 0 Å². The van der Waals surface area contributed by atoms with Gasteiger partial charge in [-0.1, -0.05) is 0 Å². The molecule has 160 valence electrons. The van der Waals surface area contributed by atoms with Crippen molar-refractivity contribution < 1.29 is 9.59 Å². The molecule has 1 unspecified atom stereocenters. The van der Waals surface area contributed by atoms with Crippen LogP contribution in [0.15, 0.2) is 18.3 Å². The molecule has 0 radical (unpaired) electrons.